The van der Waals surface area contributed by atoms with Gasteiger partial charge in [0.05, 0.1) is 11.6 Å². The van der Waals surface area contributed by atoms with Gasteiger partial charge in [0.25, 0.3) is 0 Å². The first-order chi connectivity index (χ1) is 8.80. The predicted octanol–water partition coefficient (Wildman–Crippen LogP) is 3.69. The standard InChI is InChI=1S/C17H17N/c1-3-17-14-10-6-4-8-12(14)16(18(17)2)13-9-5-7-11-15(13)17/h4-11,16H,3H2,1-2H3. The number of hydrogen-bond donors (Lipinski definition) is 0. The third kappa shape index (κ3) is 0.907. The van der Waals surface area contributed by atoms with Gasteiger partial charge in [0.15, 0.2) is 0 Å². The van der Waals surface area contributed by atoms with Crippen LogP contribution < -0.4 is 0 Å². The minimum absolute atomic E-state index is 0.109. The predicted molar refractivity (Wildman–Crippen MR) is 73.6 cm³/mol. The van der Waals surface area contributed by atoms with Crippen LogP contribution in [0.15, 0.2) is 48.5 Å². The third-order valence-electron chi connectivity index (χ3n) is 4.90. The van der Waals surface area contributed by atoms with Gasteiger partial charge in [-0.2, -0.15) is 0 Å². The molecular weight excluding hydrogens is 218 g/mol. The molecule has 0 aliphatic carbocycles. The summed E-state index contributed by atoms with van der Waals surface area (Å²) in [6.45, 7) is 2.30. The highest BCUT2D eigenvalue weighted by molar-refractivity contribution is 5.61. The lowest BCUT2D eigenvalue weighted by atomic mass is 9.76. The molecule has 18 heavy (non-hydrogen) atoms. The zero-order valence-electron chi connectivity index (χ0n) is 10.9. The fourth-order valence-electron chi connectivity index (χ4n) is 4.18. The molecule has 2 aliphatic heterocycles. The number of nitrogens with zero attached hydrogens (tertiary/aromatic N) is 1. The first kappa shape index (κ1) is 10.3. The molecule has 0 N–H and O–H groups in total. The van der Waals surface area contributed by atoms with Crippen molar-refractivity contribution in [1.29, 1.82) is 0 Å². The molecule has 4 rings (SSSR count). The molecule has 1 nitrogen and oxygen atoms in total. The molecule has 2 heterocycles. The monoisotopic (exact) mass is 235 g/mol. The van der Waals surface area contributed by atoms with E-state index in [1.807, 2.05) is 0 Å². The molecule has 0 atom stereocenters. The summed E-state index contributed by atoms with van der Waals surface area (Å²) in [6.07, 6.45) is 1.13. The maximum atomic E-state index is 2.56. The summed E-state index contributed by atoms with van der Waals surface area (Å²) in [5.41, 5.74) is 6.14. The van der Waals surface area contributed by atoms with Crippen molar-refractivity contribution < 1.29 is 0 Å². The van der Waals surface area contributed by atoms with Crippen molar-refractivity contribution in [3.8, 4) is 0 Å². The molecule has 2 aliphatic rings. The van der Waals surface area contributed by atoms with Gasteiger partial charge in [0, 0.05) is 0 Å². The van der Waals surface area contributed by atoms with Crippen molar-refractivity contribution >= 4 is 0 Å². The summed E-state index contributed by atoms with van der Waals surface area (Å²) in [4.78, 5) is 2.56. The van der Waals surface area contributed by atoms with Crippen LogP contribution in [-0.2, 0) is 5.54 Å². The molecule has 0 fully saturated rings. The summed E-state index contributed by atoms with van der Waals surface area (Å²) in [7, 11) is 2.27. The lowest BCUT2D eigenvalue weighted by Crippen LogP contribution is -2.35. The van der Waals surface area contributed by atoms with Crippen LogP contribution in [-0.4, -0.2) is 11.9 Å². The lowest BCUT2D eigenvalue weighted by molar-refractivity contribution is 0.179. The Morgan fingerprint density at radius 1 is 0.944 bits per heavy atom. The second kappa shape index (κ2) is 3.24. The van der Waals surface area contributed by atoms with Gasteiger partial charge in [-0.25, -0.2) is 0 Å². The van der Waals surface area contributed by atoms with E-state index in [-0.39, 0.29) is 5.54 Å². The number of rotatable bonds is 1. The Labute approximate surface area is 108 Å². The lowest BCUT2D eigenvalue weighted by Gasteiger charge is -2.33. The van der Waals surface area contributed by atoms with E-state index in [2.05, 4.69) is 67.4 Å². The molecule has 0 amide bonds. The van der Waals surface area contributed by atoms with Crippen molar-refractivity contribution in [2.24, 2.45) is 0 Å². The summed E-state index contributed by atoms with van der Waals surface area (Å²) >= 11 is 0. The molecule has 2 aromatic carbocycles. The smallest absolute Gasteiger partial charge is 0.0724 e. The van der Waals surface area contributed by atoms with Crippen LogP contribution in [0.1, 0.15) is 41.6 Å². The summed E-state index contributed by atoms with van der Waals surface area (Å²) in [5, 5.41) is 0. The van der Waals surface area contributed by atoms with E-state index in [1.165, 1.54) is 22.3 Å². The third-order valence-corrected chi connectivity index (χ3v) is 4.90. The van der Waals surface area contributed by atoms with Gasteiger partial charge in [0.2, 0.25) is 0 Å². The largest absolute Gasteiger partial charge is 0.282 e. The molecule has 0 saturated heterocycles. The zero-order valence-corrected chi connectivity index (χ0v) is 10.9. The highest BCUT2D eigenvalue weighted by Crippen LogP contribution is 2.60. The average molecular weight is 235 g/mol. The van der Waals surface area contributed by atoms with Crippen molar-refractivity contribution in [2.75, 3.05) is 7.05 Å². The highest BCUT2D eigenvalue weighted by Gasteiger charge is 2.55. The van der Waals surface area contributed by atoms with Crippen LogP contribution in [0.5, 0.6) is 0 Å². The van der Waals surface area contributed by atoms with Gasteiger partial charge in [-0.1, -0.05) is 55.5 Å². The molecule has 0 spiro atoms. The van der Waals surface area contributed by atoms with E-state index in [4.69, 9.17) is 0 Å². The summed E-state index contributed by atoms with van der Waals surface area (Å²) < 4.78 is 0. The van der Waals surface area contributed by atoms with Crippen LogP contribution in [0.2, 0.25) is 0 Å². The van der Waals surface area contributed by atoms with Crippen molar-refractivity contribution in [3.63, 3.8) is 0 Å². The fraction of sp³-hybridized carbons (Fsp3) is 0.294. The fourth-order valence-corrected chi connectivity index (χ4v) is 4.18. The van der Waals surface area contributed by atoms with Crippen molar-refractivity contribution in [1.82, 2.24) is 4.90 Å². The Bertz CT molecular complexity index is 582. The molecule has 0 unspecified atom stereocenters. The van der Waals surface area contributed by atoms with E-state index in [0.29, 0.717) is 6.04 Å². The molecule has 1 heteroatoms. The van der Waals surface area contributed by atoms with Gasteiger partial charge in [-0.3, -0.25) is 4.90 Å². The van der Waals surface area contributed by atoms with Gasteiger partial charge in [0.1, 0.15) is 0 Å². The minimum Gasteiger partial charge on any atom is -0.282 e. The van der Waals surface area contributed by atoms with Crippen LogP contribution in [0.3, 0.4) is 0 Å². The van der Waals surface area contributed by atoms with E-state index in [1.54, 1.807) is 0 Å². The summed E-state index contributed by atoms with van der Waals surface area (Å²) in [6, 6.07) is 18.3. The zero-order chi connectivity index (χ0) is 12.3. The van der Waals surface area contributed by atoms with E-state index in [0.717, 1.165) is 6.42 Å². The Hall–Kier alpha value is -1.60. The van der Waals surface area contributed by atoms with Crippen LogP contribution in [0.4, 0.5) is 0 Å². The Morgan fingerprint density at radius 3 is 1.94 bits per heavy atom. The normalized spacial score (nSPS) is 28.2. The minimum atomic E-state index is 0.109. The highest BCUT2D eigenvalue weighted by atomic mass is 15.3. The summed E-state index contributed by atoms with van der Waals surface area (Å²) in [5.74, 6) is 0. The number of fused-ring (bicyclic) bond motifs is 8. The topological polar surface area (TPSA) is 3.24 Å². The first-order valence-electron chi connectivity index (χ1n) is 6.72. The number of hydrogen-bond acceptors (Lipinski definition) is 1. The van der Waals surface area contributed by atoms with Gasteiger partial charge >= 0.3 is 0 Å². The maximum absolute atomic E-state index is 2.56. The average Bonchev–Trinajstić information content (AvgIpc) is 2.83. The molecular formula is C17H17N. The van der Waals surface area contributed by atoms with E-state index in [9.17, 15) is 0 Å². The van der Waals surface area contributed by atoms with Gasteiger partial charge in [-0.15, -0.1) is 0 Å². The molecule has 2 aromatic rings. The molecule has 90 valence electrons. The van der Waals surface area contributed by atoms with Crippen molar-refractivity contribution in [3.05, 3.63) is 70.8 Å². The van der Waals surface area contributed by atoms with E-state index < -0.39 is 0 Å². The Balaban J connectivity index is 2.11. The second-order valence-electron chi connectivity index (χ2n) is 5.40. The quantitative estimate of drug-likeness (QED) is 0.728. The maximum Gasteiger partial charge on any atom is 0.0724 e. The molecule has 0 aromatic heterocycles. The first-order valence-corrected chi connectivity index (χ1v) is 6.72. The van der Waals surface area contributed by atoms with Crippen LogP contribution in [0, 0.1) is 0 Å². The molecule has 2 bridgehead atoms. The Morgan fingerprint density at radius 2 is 1.44 bits per heavy atom. The SMILES string of the molecule is CCC12c3ccccc3C(c3ccccc31)N2C. The van der Waals surface area contributed by atoms with Crippen LogP contribution >= 0.6 is 0 Å². The van der Waals surface area contributed by atoms with Crippen LogP contribution in [0.25, 0.3) is 0 Å². The second-order valence-corrected chi connectivity index (χ2v) is 5.40. The molecule has 0 saturated carbocycles. The van der Waals surface area contributed by atoms with Gasteiger partial charge < -0.3 is 0 Å². The Kier molecular flexibility index (Phi) is 1.86. The number of benzene rings is 2. The molecule has 0 radical (unpaired) electrons. The van der Waals surface area contributed by atoms with Crippen molar-refractivity contribution in [2.45, 2.75) is 24.9 Å². The van der Waals surface area contributed by atoms with Gasteiger partial charge in [-0.05, 0) is 35.7 Å². The van der Waals surface area contributed by atoms with E-state index >= 15 is 0 Å².